The lowest BCUT2D eigenvalue weighted by Crippen LogP contribution is -2.24. The molecule has 7 nitrogen and oxygen atoms in total. The topological polar surface area (TPSA) is 86.7 Å². The van der Waals surface area contributed by atoms with Gasteiger partial charge in [-0.25, -0.2) is 9.37 Å². The molecule has 33 heavy (non-hydrogen) atoms. The Hall–Kier alpha value is -3.49. The van der Waals surface area contributed by atoms with Gasteiger partial charge in [-0.05, 0) is 42.5 Å². The second-order valence-electron chi connectivity index (χ2n) is 7.10. The van der Waals surface area contributed by atoms with Crippen LogP contribution in [0.2, 0.25) is 10.0 Å². The minimum absolute atomic E-state index is 0.0811. The standard InChI is InChI=1S/C23H20Cl2FN5O2/c1-27-21(31(2)3)13-4-7-16(18(26)10-13)22(32)29-19-8-5-14(24)11-17(19)23(33)30-20-9-6-15(25)12-28-20/h4-12H,1-3H3,(H,29,32)(H,28,30,33)/b27-21-. The molecule has 3 rings (SSSR count). The first-order valence-corrected chi connectivity index (χ1v) is 10.4. The van der Waals surface area contributed by atoms with Gasteiger partial charge >= 0.3 is 0 Å². The summed E-state index contributed by atoms with van der Waals surface area (Å²) < 4.78 is 14.8. The van der Waals surface area contributed by atoms with Crippen LogP contribution in [-0.2, 0) is 0 Å². The summed E-state index contributed by atoms with van der Waals surface area (Å²) in [5, 5.41) is 5.88. The molecule has 0 spiro atoms. The fourth-order valence-corrected chi connectivity index (χ4v) is 3.35. The van der Waals surface area contributed by atoms with Crippen molar-refractivity contribution in [1.29, 1.82) is 0 Å². The van der Waals surface area contributed by atoms with Crippen LogP contribution in [0.15, 0.2) is 59.7 Å². The smallest absolute Gasteiger partial charge is 0.258 e. The van der Waals surface area contributed by atoms with Gasteiger partial charge in [-0.15, -0.1) is 0 Å². The molecule has 1 aromatic heterocycles. The number of hydrogen-bond donors (Lipinski definition) is 2. The third-order valence-electron chi connectivity index (χ3n) is 4.55. The van der Waals surface area contributed by atoms with Gasteiger partial charge in [0.2, 0.25) is 0 Å². The van der Waals surface area contributed by atoms with Gasteiger partial charge in [0.15, 0.2) is 0 Å². The van der Waals surface area contributed by atoms with Gasteiger partial charge in [0.05, 0.1) is 21.8 Å². The molecule has 10 heteroatoms. The molecule has 0 aliphatic rings. The number of amidine groups is 1. The first-order chi connectivity index (χ1) is 15.7. The van der Waals surface area contributed by atoms with Gasteiger partial charge in [0, 0.05) is 37.9 Å². The average molecular weight is 488 g/mol. The van der Waals surface area contributed by atoms with Crippen molar-refractivity contribution >= 4 is 52.4 Å². The second-order valence-corrected chi connectivity index (χ2v) is 7.97. The second kappa shape index (κ2) is 10.4. The molecule has 0 bridgehead atoms. The van der Waals surface area contributed by atoms with Crippen molar-refractivity contribution in [2.45, 2.75) is 0 Å². The van der Waals surface area contributed by atoms with Gasteiger partial charge in [-0.3, -0.25) is 14.6 Å². The van der Waals surface area contributed by atoms with Crippen LogP contribution in [0.3, 0.4) is 0 Å². The molecular weight excluding hydrogens is 468 g/mol. The van der Waals surface area contributed by atoms with E-state index >= 15 is 0 Å². The summed E-state index contributed by atoms with van der Waals surface area (Å²) in [4.78, 5) is 35.5. The van der Waals surface area contributed by atoms with Crippen LogP contribution < -0.4 is 10.6 Å². The largest absolute Gasteiger partial charge is 0.363 e. The van der Waals surface area contributed by atoms with Crippen LogP contribution in [0.4, 0.5) is 15.9 Å². The maximum absolute atomic E-state index is 14.8. The van der Waals surface area contributed by atoms with E-state index in [4.69, 9.17) is 23.2 Å². The fourth-order valence-electron chi connectivity index (χ4n) is 3.06. The van der Waals surface area contributed by atoms with E-state index in [1.165, 1.54) is 42.6 Å². The van der Waals surface area contributed by atoms with E-state index in [0.717, 1.165) is 0 Å². The third kappa shape index (κ3) is 5.85. The Morgan fingerprint density at radius 2 is 1.64 bits per heavy atom. The van der Waals surface area contributed by atoms with Crippen LogP contribution in [0.1, 0.15) is 26.3 Å². The maximum Gasteiger partial charge on any atom is 0.258 e. The summed E-state index contributed by atoms with van der Waals surface area (Å²) in [7, 11) is 5.17. The van der Waals surface area contributed by atoms with E-state index in [1.54, 1.807) is 38.2 Å². The highest BCUT2D eigenvalue weighted by atomic mass is 35.5. The van der Waals surface area contributed by atoms with E-state index < -0.39 is 17.6 Å². The molecule has 2 N–H and O–H groups in total. The van der Waals surface area contributed by atoms with Crippen molar-refractivity contribution in [2.24, 2.45) is 4.99 Å². The van der Waals surface area contributed by atoms with Crippen molar-refractivity contribution in [3.8, 4) is 0 Å². The van der Waals surface area contributed by atoms with Crippen molar-refractivity contribution in [2.75, 3.05) is 31.8 Å². The molecule has 0 saturated carbocycles. The monoisotopic (exact) mass is 487 g/mol. The average Bonchev–Trinajstić information content (AvgIpc) is 2.76. The lowest BCUT2D eigenvalue weighted by Gasteiger charge is -2.16. The summed E-state index contributed by atoms with van der Waals surface area (Å²) in [6.07, 6.45) is 1.38. The number of carbonyl (C=O) groups is 2. The number of halogens is 3. The van der Waals surface area contributed by atoms with E-state index in [9.17, 15) is 14.0 Å². The van der Waals surface area contributed by atoms with E-state index in [1.807, 2.05) is 0 Å². The normalized spacial score (nSPS) is 11.2. The molecule has 2 amide bonds. The number of nitrogens with zero attached hydrogens (tertiary/aromatic N) is 3. The molecular formula is C23H20Cl2FN5O2. The third-order valence-corrected chi connectivity index (χ3v) is 5.01. The van der Waals surface area contributed by atoms with Crippen LogP contribution in [0.25, 0.3) is 0 Å². The fraction of sp³-hybridized carbons (Fsp3) is 0.130. The molecule has 0 atom stereocenters. The minimum atomic E-state index is -0.724. The number of hydrogen-bond acceptors (Lipinski definition) is 4. The van der Waals surface area contributed by atoms with Crippen molar-refractivity contribution < 1.29 is 14.0 Å². The Bertz CT molecular complexity index is 1230. The SMILES string of the molecule is C/N=C(/c1ccc(C(=O)Nc2ccc(Cl)cc2C(=O)Nc2ccc(Cl)cn2)c(F)c1)N(C)C. The number of aromatic nitrogens is 1. The predicted octanol–water partition coefficient (Wildman–Crippen LogP) is 4.97. The molecule has 0 saturated heterocycles. The highest BCUT2D eigenvalue weighted by Gasteiger charge is 2.19. The van der Waals surface area contributed by atoms with Crippen molar-refractivity contribution in [1.82, 2.24) is 9.88 Å². The molecule has 0 fully saturated rings. The highest BCUT2D eigenvalue weighted by molar-refractivity contribution is 6.31. The van der Waals surface area contributed by atoms with Crippen LogP contribution in [0, 0.1) is 5.82 Å². The number of benzene rings is 2. The summed E-state index contributed by atoms with van der Waals surface area (Å²) in [5.74, 6) is -1.18. The summed E-state index contributed by atoms with van der Waals surface area (Å²) in [6.45, 7) is 0. The highest BCUT2D eigenvalue weighted by Crippen LogP contribution is 2.23. The Balaban J connectivity index is 1.85. The molecule has 0 radical (unpaired) electrons. The Kier molecular flexibility index (Phi) is 7.63. The Morgan fingerprint density at radius 1 is 0.939 bits per heavy atom. The van der Waals surface area contributed by atoms with Crippen LogP contribution in [-0.4, -0.2) is 48.7 Å². The first kappa shape index (κ1) is 24.2. The molecule has 1 heterocycles. The summed E-state index contributed by atoms with van der Waals surface area (Å²) >= 11 is 11.9. The van der Waals surface area contributed by atoms with Crippen molar-refractivity contribution in [3.05, 3.63) is 87.3 Å². The zero-order valence-electron chi connectivity index (χ0n) is 18.0. The van der Waals surface area contributed by atoms with E-state index in [-0.39, 0.29) is 27.7 Å². The number of aliphatic imine (C=N–C) groups is 1. The first-order valence-electron chi connectivity index (χ1n) is 9.67. The number of anilines is 2. The number of amides is 2. The number of pyridine rings is 1. The lowest BCUT2D eigenvalue weighted by molar-refractivity contribution is 0.102. The van der Waals surface area contributed by atoms with Crippen LogP contribution >= 0.6 is 23.2 Å². The van der Waals surface area contributed by atoms with Gasteiger partial charge in [-0.2, -0.15) is 0 Å². The van der Waals surface area contributed by atoms with Crippen molar-refractivity contribution in [3.63, 3.8) is 0 Å². The Morgan fingerprint density at radius 3 is 2.24 bits per heavy atom. The zero-order valence-corrected chi connectivity index (χ0v) is 19.5. The molecule has 2 aromatic carbocycles. The lowest BCUT2D eigenvalue weighted by atomic mass is 10.1. The summed E-state index contributed by atoms with van der Waals surface area (Å²) in [6, 6.07) is 11.7. The quantitative estimate of drug-likeness (QED) is 0.392. The molecule has 0 unspecified atom stereocenters. The Labute approximate surface area is 200 Å². The molecule has 3 aromatic rings. The number of nitrogens with one attached hydrogen (secondary N) is 2. The van der Waals surface area contributed by atoms with Gasteiger partial charge in [0.1, 0.15) is 17.5 Å². The number of carbonyl (C=O) groups excluding carboxylic acids is 2. The van der Waals surface area contributed by atoms with E-state index in [0.29, 0.717) is 16.4 Å². The summed E-state index contributed by atoms with van der Waals surface area (Å²) in [5.41, 5.74) is 0.577. The van der Waals surface area contributed by atoms with Gasteiger partial charge < -0.3 is 15.5 Å². The van der Waals surface area contributed by atoms with E-state index in [2.05, 4.69) is 20.6 Å². The minimum Gasteiger partial charge on any atom is -0.363 e. The van der Waals surface area contributed by atoms with Gasteiger partial charge in [0.25, 0.3) is 11.8 Å². The number of rotatable bonds is 5. The molecule has 170 valence electrons. The predicted molar refractivity (Wildman–Crippen MR) is 129 cm³/mol. The maximum atomic E-state index is 14.8. The molecule has 0 aliphatic heterocycles. The molecule has 0 aliphatic carbocycles. The zero-order chi connectivity index (χ0) is 24.1. The van der Waals surface area contributed by atoms with Crippen LogP contribution in [0.5, 0.6) is 0 Å². The van der Waals surface area contributed by atoms with Gasteiger partial charge in [-0.1, -0.05) is 29.3 Å².